The molecule has 14 heteroatoms. The van der Waals surface area contributed by atoms with E-state index >= 15 is 0 Å². The van der Waals surface area contributed by atoms with Gasteiger partial charge in [0, 0.05) is 25.8 Å². The fraction of sp³-hybridized carbons (Fsp3) is 0.273. The summed E-state index contributed by atoms with van der Waals surface area (Å²) in [7, 11) is -4.15. The van der Waals surface area contributed by atoms with Gasteiger partial charge in [-0.1, -0.05) is 35.9 Å². The molecule has 1 aromatic heterocycles. The van der Waals surface area contributed by atoms with Crippen molar-refractivity contribution in [2.75, 3.05) is 23.8 Å². The normalized spacial score (nSPS) is 11.9. The van der Waals surface area contributed by atoms with Gasteiger partial charge in [0.1, 0.15) is 5.82 Å². The van der Waals surface area contributed by atoms with E-state index in [2.05, 4.69) is 10.3 Å². The molecule has 0 aliphatic rings. The van der Waals surface area contributed by atoms with E-state index in [1.807, 2.05) is 0 Å². The summed E-state index contributed by atoms with van der Waals surface area (Å²) in [6, 6.07) is 11.5. The fourth-order valence-electron chi connectivity index (χ4n) is 3.27. The van der Waals surface area contributed by atoms with Crippen LogP contribution in [-0.2, 0) is 34.3 Å². The van der Waals surface area contributed by atoms with Crippen LogP contribution in [0.15, 0.2) is 48.5 Å². The number of aromatic nitrogens is 2. The molecular formula is C22H22ClF3N4O5S. The predicted octanol–water partition coefficient (Wildman–Crippen LogP) is 3.78. The number of imidazole rings is 1. The molecule has 3 aromatic rings. The van der Waals surface area contributed by atoms with E-state index in [1.165, 1.54) is 22.9 Å². The average molecular weight is 547 g/mol. The van der Waals surface area contributed by atoms with Gasteiger partial charge in [0.25, 0.3) is 5.91 Å². The first-order chi connectivity index (χ1) is 17.0. The van der Waals surface area contributed by atoms with Gasteiger partial charge in [-0.15, -0.1) is 0 Å². The molecule has 2 aromatic carbocycles. The first-order valence-electron chi connectivity index (χ1n) is 10.4. The van der Waals surface area contributed by atoms with E-state index in [9.17, 15) is 31.5 Å². The Morgan fingerprint density at radius 2 is 1.83 bits per heavy atom. The Balaban J connectivity index is 1.76. The number of benzene rings is 2. The van der Waals surface area contributed by atoms with Crippen LogP contribution >= 0.6 is 11.6 Å². The van der Waals surface area contributed by atoms with Gasteiger partial charge in [-0.05, 0) is 29.8 Å². The van der Waals surface area contributed by atoms with Crippen LogP contribution in [0.5, 0.6) is 0 Å². The number of carbonyl (C=O) groups excluding carboxylic acids is 1. The highest BCUT2D eigenvalue weighted by atomic mass is 35.5. The van der Waals surface area contributed by atoms with E-state index in [-0.39, 0.29) is 17.3 Å². The van der Waals surface area contributed by atoms with Gasteiger partial charge in [0.05, 0.1) is 30.2 Å². The summed E-state index contributed by atoms with van der Waals surface area (Å²) in [5, 5.41) is 12.4. The van der Waals surface area contributed by atoms with Crippen molar-refractivity contribution in [3.05, 3.63) is 76.3 Å². The molecule has 0 unspecified atom stereocenters. The number of rotatable bonds is 10. The van der Waals surface area contributed by atoms with Gasteiger partial charge in [0.15, 0.2) is 5.15 Å². The molecule has 3 rings (SSSR count). The minimum absolute atomic E-state index is 0.187. The quantitative estimate of drug-likeness (QED) is 0.356. The molecule has 1 amide bonds. The predicted molar refractivity (Wildman–Crippen MR) is 127 cm³/mol. The summed E-state index contributed by atoms with van der Waals surface area (Å²) in [4.78, 5) is 17.0. The molecule has 0 bridgehead atoms. The van der Waals surface area contributed by atoms with Crippen LogP contribution < -0.4 is 10.0 Å². The lowest BCUT2D eigenvalue weighted by molar-refractivity contribution is -0.0429. The second-order valence-corrected chi connectivity index (χ2v) is 9.53. The molecule has 1 heterocycles. The van der Waals surface area contributed by atoms with Crippen LogP contribution in [0, 0.1) is 0 Å². The van der Waals surface area contributed by atoms with Crippen molar-refractivity contribution in [3.63, 3.8) is 0 Å². The molecule has 9 nitrogen and oxygen atoms in total. The zero-order valence-corrected chi connectivity index (χ0v) is 20.4. The van der Waals surface area contributed by atoms with E-state index in [0.717, 1.165) is 11.6 Å². The third kappa shape index (κ3) is 6.35. The van der Waals surface area contributed by atoms with Gasteiger partial charge < -0.3 is 19.7 Å². The topological polar surface area (TPSA) is 123 Å². The zero-order chi connectivity index (χ0) is 26.5. The number of hydrogen-bond acceptors (Lipinski definition) is 6. The Hall–Kier alpha value is -3.13. The molecule has 0 saturated carbocycles. The maximum atomic E-state index is 12.7. The monoisotopic (exact) mass is 546 g/mol. The molecule has 36 heavy (non-hydrogen) atoms. The second kappa shape index (κ2) is 11.3. The minimum Gasteiger partial charge on any atom is -0.390 e. The average Bonchev–Trinajstić information content (AvgIpc) is 3.11. The number of amides is 1. The van der Waals surface area contributed by atoms with Crippen molar-refractivity contribution >= 4 is 38.9 Å². The largest absolute Gasteiger partial charge is 0.516 e. The minimum atomic E-state index is -5.70. The molecule has 0 atom stereocenters. The number of ether oxygens (including phenoxy) is 1. The summed E-state index contributed by atoms with van der Waals surface area (Å²) in [6.07, 6.45) is 0.474. The fourth-order valence-corrected chi connectivity index (χ4v) is 4.12. The van der Waals surface area contributed by atoms with Crippen LogP contribution in [0.1, 0.15) is 27.4 Å². The number of anilines is 2. The maximum Gasteiger partial charge on any atom is 0.516 e. The van der Waals surface area contributed by atoms with E-state index in [4.69, 9.17) is 16.3 Å². The SMILES string of the molecule is COCCc1nc(Cl)c(CO)n1Cc1ccc(NC(=O)c2ccccc2NS(=O)(=O)C(F)(F)F)cc1. The highest BCUT2D eigenvalue weighted by Crippen LogP contribution is 2.27. The standard InChI is InChI=1S/C22H22ClF3N4O5S/c1-35-11-10-19-28-20(23)18(13-31)30(19)12-14-6-8-15(9-7-14)27-21(32)16-4-2-3-5-17(16)29-36(33,34)22(24,25)26/h2-9,29,31H,10-13H2,1H3,(H,27,32). The molecule has 0 saturated heterocycles. The Kier molecular flexibility index (Phi) is 8.61. The molecule has 3 N–H and O–H groups in total. The highest BCUT2D eigenvalue weighted by molar-refractivity contribution is 7.93. The summed E-state index contributed by atoms with van der Waals surface area (Å²) in [6.45, 7) is 0.416. The lowest BCUT2D eigenvalue weighted by Gasteiger charge is -2.14. The number of alkyl halides is 3. The van der Waals surface area contributed by atoms with Crippen molar-refractivity contribution in [2.24, 2.45) is 0 Å². The molecule has 194 valence electrons. The van der Waals surface area contributed by atoms with Crippen LogP contribution in [0.3, 0.4) is 0 Å². The summed E-state index contributed by atoms with van der Waals surface area (Å²) < 4.78 is 69.4. The second-order valence-electron chi connectivity index (χ2n) is 7.50. The molecule has 0 fully saturated rings. The van der Waals surface area contributed by atoms with Gasteiger partial charge in [-0.2, -0.15) is 21.6 Å². The number of aliphatic hydroxyl groups is 1. The number of sulfonamides is 1. The number of nitrogens with zero attached hydrogens (tertiary/aromatic N) is 2. The Morgan fingerprint density at radius 1 is 1.17 bits per heavy atom. The highest BCUT2D eigenvalue weighted by Gasteiger charge is 2.46. The van der Waals surface area contributed by atoms with E-state index in [1.54, 1.807) is 35.9 Å². The molecule has 0 spiro atoms. The first kappa shape index (κ1) is 27.5. The lowest BCUT2D eigenvalue weighted by atomic mass is 10.1. The van der Waals surface area contributed by atoms with Gasteiger partial charge in [-0.3, -0.25) is 9.52 Å². The molecule has 0 aliphatic carbocycles. The number of aliphatic hydroxyl groups excluding tert-OH is 1. The third-order valence-corrected chi connectivity index (χ3v) is 6.46. The summed E-state index contributed by atoms with van der Waals surface area (Å²) in [5.41, 5.74) is -4.79. The van der Waals surface area contributed by atoms with Crippen LogP contribution in [-0.4, -0.2) is 48.2 Å². The zero-order valence-electron chi connectivity index (χ0n) is 18.8. The first-order valence-corrected chi connectivity index (χ1v) is 12.2. The van der Waals surface area contributed by atoms with Crippen molar-refractivity contribution in [1.82, 2.24) is 9.55 Å². The van der Waals surface area contributed by atoms with Crippen LogP contribution in [0.2, 0.25) is 5.15 Å². The number of methoxy groups -OCH3 is 1. The molecule has 0 radical (unpaired) electrons. The van der Waals surface area contributed by atoms with E-state index in [0.29, 0.717) is 36.8 Å². The molecule has 0 aliphatic heterocycles. The van der Waals surface area contributed by atoms with Crippen molar-refractivity contribution in [1.29, 1.82) is 0 Å². The van der Waals surface area contributed by atoms with E-state index < -0.39 is 27.1 Å². The van der Waals surface area contributed by atoms with Crippen LogP contribution in [0.4, 0.5) is 24.5 Å². The summed E-state index contributed by atoms with van der Waals surface area (Å²) >= 11 is 6.13. The Labute approximate surface area is 209 Å². The van der Waals surface area contributed by atoms with Crippen molar-refractivity contribution in [2.45, 2.75) is 25.1 Å². The smallest absolute Gasteiger partial charge is 0.390 e. The number of halogens is 4. The van der Waals surface area contributed by atoms with Gasteiger partial charge >= 0.3 is 15.5 Å². The van der Waals surface area contributed by atoms with Crippen molar-refractivity contribution < 1.29 is 36.2 Å². The number of hydrogen-bond donors (Lipinski definition) is 3. The Morgan fingerprint density at radius 3 is 2.44 bits per heavy atom. The summed E-state index contributed by atoms with van der Waals surface area (Å²) in [5.74, 6) is -0.185. The number of carbonyl (C=O) groups is 1. The number of para-hydroxylation sites is 1. The molecular weight excluding hydrogens is 525 g/mol. The van der Waals surface area contributed by atoms with Crippen molar-refractivity contribution in [3.8, 4) is 0 Å². The van der Waals surface area contributed by atoms with Gasteiger partial charge in [-0.25, -0.2) is 4.98 Å². The number of nitrogens with one attached hydrogen (secondary N) is 2. The Bertz CT molecular complexity index is 1330. The van der Waals surface area contributed by atoms with Crippen LogP contribution in [0.25, 0.3) is 0 Å². The van der Waals surface area contributed by atoms with Gasteiger partial charge in [0.2, 0.25) is 0 Å². The maximum absolute atomic E-state index is 12.7. The third-order valence-electron chi connectivity index (χ3n) is 5.06. The lowest BCUT2D eigenvalue weighted by Crippen LogP contribution is -2.30.